The molecule has 2 aromatic heterocycles. The number of hydrogen-bond acceptors (Lipinski definition) is 19. The molecule has 3 aliphatic heterocycles. The highest BCUT2D eigenvalue weighted by atomic mass is 32.2. The van der Waals surface area contributed by atoms with Crippen molar-refractivity contribution < 1.29 is 56.4 Å². The summed E-state index contributed by atoms with van der Waals surface area (Å²) in [5.41, 5.74) is 6.72. The van der Waals surface area contributed by atoms with E-state index in [1.807, 2.05) is 68.4 Å². The second-order valence-electron chi connectivity index (χ2n) is 23.9. The van der Waals surface area contributed by atoms with Gasteiger partial charge in [-0.15, -0.1) is 11.3 Å². The zero-order valence-corrected chi connectivity index (χ0v) is 53.6. The summed E-state index contributed by atoms with van der Waals surface area (Å²) in [5.74, 6) is 0.749. The highest BCUT2D eigenvalue weighted by Gasteiger charge is 2.44. The number of β-amino-alcohol motifs (C(OH)–C–C–N with tert-alkyl or cyclic N) is 1. The van der Waals surface area contributed by atoms with Crippen LogP contribution in [0, 0.1) is 12.3 Å². The maximum Gasteiger partial charge on any atom is 0.246 e. The van der Waals surface area contributed by atoms with Gasteiger partial charge < -0.3 is 54.1 Å². The van der Waals surface area contributed by atoms with Crippen molar-refractivity contribution in [2.24, 2.45) is 5.41 Å². The van der Waals surface area contributed by atoms with Crippen LogP contribution in [-0.4, -0.2) is 207 Å². The standard InChI is InChI=1S/C64H88N10O12S2/c1-44(2)88(80,81)55-11-9-8-10-49(55)37-57-67-42-66-56(69-57)36-48-16-17-51(38-54(48)82-7)71-22-18-50(19-23-71)72-24-26-73(27-25-72)59(77)21-29-84-31-33-86-35-34-85-32-30-83-28-20-58(76)70-61(64(4,5)6)63(79)74-41-52(75)39-53(74)62(78)65-40-46-12-14-47(15-13-46)60-45(3)68-43-87-60/h8-17,38,42-44,50,52-53,61,75H,18-37,39-41H2,1-7H3,(H,65,78)(H,70,76)/t52-,53+,61-/m1/s1. The largest absolute Gasteiger partial charge is 0.496 e. The normalized spacial score (nSPS) is 17.4. The zero-order chi connectivity index (χ0) is 62.8. The van der Waals surface area contributed by atoms with Gasteiger partial charge in [-0.3, -0.25) is 24.1 Å². The maximum atomic E-state index is 14.0. The van der Waals surface area contributed by atoms with Gasteiger partial charge in [0.1, 0.15) is 35.8 Å². The second kappa shape index (κ2) is 32.3. The summed E-state index contributed by atoms with van der Waals surface area (Å²) >= 11 is 1.57. The van der Waals surface area contributed by atoms with Crippen molar-refractivity contribution in [1.29, 1.82) is 0 Å². The first-order valence-electron chi connectivity index (χ1n) is 30.6. The lowest BCUT2D eigenvalue weighted by Gasteiger charge is -2.43. The molecule has 3 atom stereocenters. The Bertz CT molecular complexity index is 3200. The number of carbonyl (C=O) groups is 4. The molecule has 3 fully saturated rings. The van der Waals surface area contributed by atoms with Gasteiger partial charge in [0, 0.05) is 101 Å². The molecule has 5 heterocycles. The summed E-state index contributed by atoms with van der Waals surface area (Å²) in [6.45, 7) is 18.4. The molecule has 0 unspecified atom stereocenters. The van der Waals surface area contributed by atoms with E-state index in [-0.39, 0.29) is 63.3 Å². The molecule has 3 saturated heterocycles. The molecule has 0 bridgehead atoms. The number of benzene rings is 3. The summed E-state index contributed by atoms with van der Waals surface area (Å²) in [7, 11) is -1.81. The van der Waals surface area contributed by atoms with Crippen molar-refractivity contribution >= 4 is 50.5 Å². The third-order valence-corrected chi connectivity index (χ3v) is 19.5. The number of aliphatic hydroxyl groups is 1. The first-order valence-corrected chi connectivity index (χ1v) is 33.0. The molecule has 3 aliphatic rings. The van der Waals surface area contributed by atoms with Gasteiger partial charge in [-0.1, -0.05) is 69.3 Å². The number of anilines is 1. The molecule has 0 saturated carbocycles. The number of thiazole rings is 1. The summed E-state index contributed by atoms with van der Waals surface area (Å²) in [4.78, 5) is 81.1. The molecule has 0 spiro atoms. The lowest BCUT2D eigenvalue weighted by molar-refractivity contribution is -0.144. The van der Waals surface area contributed by atoms with Crippen LogP contribution in [0.5, 0.6) is 5.75 Å². The van der Waals surface area contributed by atoms with E-state index in [0.717, 1.165) is 77.7 Å². The van der Waals surface area contributed by atoms with Crippen LogP contribution >= 0.6 is 11.3 Å². The predicted octanol–water partition coefficient (Wildman–Crippen LogP) is 5.44. The monoisotopic (exact) mass is 1250 g/mol. The topological polar surface area (TPSA) is 257 Å². The molecule has 5 aromatic rings. The summed E-state index contributed by atoms with van der Waals surface area (Å²) in [6, 6.07) is 19.8. The van der Waals surface area contributed by atoms with Crippen molar-refractivity contribution in [2.75, 3.05) is 111 Å². The SMILES string of the molecule is COc1cc(N2CCC(N3CCN(C(=O)CCOCCOCCOCCOCCC(=O)N[C@H](C(=O)N4C[C@H](O)C[C@H]4C(=O)NCc4ccc(-c5scnc5C)cc4)C(C)(C)C)CC3)CC2)ccc1Cc1ncnc(Cc2ccccc2S(=O)(=O)C(C)C)n1. The number of methoxy groups -OCH3 is 1. The Morgan fingerprint density at radius 1 is 0.773 bits per heavy atom. The minimum absolute atomic E-state index is 0.0119. The number of amides is 4. The van der Waals surface area contributed by atoms with E-state index < -0.39 is 44.6 Å². The average Bonchev–Trinajstić information content (AvgIpc) is 2.86. The van der Waals surface area contributed by atoms with Gasteiger partial charge in [0.2, 0.25) is 23.6 Å². The van der Waals surface area contributed by atoms with Crippen LogP contribution in [0.25, 0.3) is 10.4 Å². The molecule has 8 rings (SSSR count). The Labute approximate surface area is 522 Å². The lowest BCUT2D eigenvalue weighted by Crippen LogP contribution is -2.57. The maximum absolute atomic E-state index is 14.0. The molecule has 0 radical (unpaired) electrons. The molecular formula is C64H88N10O12S2. The highest BCUT2D eigenvalue weighted by Crippen LogP contribution is 2.32. The number of nitrogens with zero attached hydrogens (tertiary/aromatic N) is 8. The van der Waals surface area contributed by atoms with Crippen molar-refractivity contribution in [3.63, 3.8) is 0 Å². The third-order valence-electron chi connectivity index (χ3n) is 16.3. The minimum atomic E-state index is -3.48. The molecule has 22 nitrogen and oxygen atoms in total. The van der Waals surface area contributed by atoms with Gasteiger partial charge in [0.25, 0.3) is 0 Å². The smallest absolute Gasteiger partial charge is 0.246 e. The van der Waals surface area contributed by atoms with Gasteiger partial charge in [0.05, 0.1) is 98.7 Å². The number of sulfone groups is 1. The summed E-state index contributed by atoms with van der Waals surface area (Å²) < 4.78 is 54.6. The van der Waals surface area contributed by atoms with E-state index in [1.165, 1.54) is 11.2 Å². The van der Waals surface area contributed by atoms with Gasteiger partial charge in [-0.2, -0.15) is 0 Å². The number of rotatable bonds is 30. The first kappa shape index (κ1) is 67.4. The quantitative estimate of drug-likeness (QED) is 0.0483. The zero-order valence-electron chi connectivity index (χ0n) is 52.0. The number of nitrogens with one attached hydrogen (secondary N) is 2. The molecule has 24 heteroatoms. The van der Waals surface area contributed by atoms with Gasteiger partial charge in [-0.05, 0) is 67.9 Å². The van der Waals surface area contributed by atoms with Crippen LogP contribution in [0.4, 0.5) is 5.69 Å². The number of piperidine rings is 1. The Hall–Kier alpha value is -6.51. The van der Waals surface area contributed by atoms with Gasteiger partial charge >= 0.3 is 0 Å². The lowest BCUT2D eigenvalue weighted by atomic mass is 9.85. The van der Waals surface area contributed by atoms with Gasteiger partial charge in [-0.25, -0.2) is 28.4 Å². The van der Waals surface area contributed by atoms with Crippen LogP contribution in [0.1, 0.15) is 101 Å². The molecule has 0 aliphatic carbocycles. The Morgan fingerprint density at radius 3 is 2.01 bits per heavy atom. The fourth-order valence-corrected chi connectivity index (χ4v) is 13.3. The van der Waals surface area contributed by atoms with Crippen molar-refractivity contribution in [2.45, 2.75) is 127 Å². The number of hydrogen-bond donors (Lipinski definition) is 3. The van der Waals surface area contributed by atoms with Crippen LogP contribution in [0.15, 0.2) is 83.5 Å². The fraction of sp³-hybridized carbons (Fsp3) is 0.562. The molecule has 3 N–H and O–H groups in total. The van der Waals surface area contributed by atoms with E-state index in [0.29, 0.717) is 93.7 Å². The van der Waals surface area contributed by atoms with E-state index in [2.05, 4.69) is 53.6 Å². The third kappa shape index (κ3) is 18.8. The van der Waals surface area contributed by atoms with Crippen molar-refractivity contribution in [1.82, 2.24) is 45.3 Å². The molecule has 88 heavy (non-hydrogen) atoms. The Kier molecular flexibility index (Phi) is 24.7. The minimum Gasteiger partial charge on any atom is -0.496 e. The fourth-order valence-electron chi connectivity index (χ4n) is 11.2. The number of carbonyl (C=O) groups excluding carboxylic acids is 4. The average molecular weight is 1250 g/mol. The van der Waals surface area contributed by atoms with E-state index in [1.54, 1.807) is 50.5 Å². The number of aromatic nitrogens is 4. The van der Waals surface area contributed by atoms with Crippen LogP contribution in [0.3, 0.4) is 0 Å². The van der Waals surface area contributed by atoms with E-state index in [4.69, 9.17) is 28.7 Å². The van der Waals surface area contributed by atoms with Crippen molar-refractivity contribution in [3.8, 4) is 16.2 Å². The first-order chi connectivity index (χ1) is 42.3. The number of likely N-dealkylation sites (tertiary alicyclic amines) is 1. The van der Waals surface area contributed by atoms with Crippen LogP contribution in [0.2, 0.25) is 0 Å². The van der Waals surface area contributed by atoms with Gasteiger partial charge in [0.15, 0.2) is 9.84 Å². The summed E-state index contributed by atoms with van der Waals surface area (Å²) in [5, 5.41) is 15.8. The summed E-state index contributed by atoms with van der Waals surface area (Å²) in [6.07, 6.45) is 3.77. The Balaban J connectivity index is 0.635. The van der Waals surface area contributed by atoms with Crippen LogP contribution < -0.4 is 20.3 Å². The Morgan fingerprint density at radius 2 is 1.40 bits per heavy atom. The van der Waals surface area contributed by atoms with Crippen molar-refractivity contribution in [3.05, 3.63) is 113 Å². The molecular weight excluding hydrogens is 1160 g/mol. The number of aryl methyl sites for hydroxylation is 1. The van der Waals surface area contributed by atoms with E-state index in [9.17, 15) is 32.7 Å². The molecule has 4 amide bonds. The highest BCUT2D eigenvalue weighted by molar-refractivity contribution is 7.92. The number of piperazine rings is 1. The number of ether oxygens (including phenoxy) is 5. The predicted molar refractivity (Wildman–Crippen MR) is 335 cm³/mol. The molecule has 3 aromatic carbocycles. The van der Waals surface area contributed by atoms with E-state index >= 15 is 0 Å². The molecule has 478 valence electrons. The van der Waals surface area contributed by atoms with Crippen LogP contribution in [-0.2, 0) is 67.3 Å². The second-order valence-corrected chi connectivity index (χ2v) is 27.2. The number of aliphatic hydroxyl groups excluding tert-OH is 1.